The molecular formula is C49H40N2. The third-order valence-corrected chi connectivity index (χ3v) is 11.4. The SMILES string of the molecule is CC(C)(C)c1cc2c3c(ccc4c(C5=CC(n6c7ccccc7c7ccccc76)CC=C5)cc(-c5ccc(-c6cccnc6)cc5)c(c43)CC2)c1. The van der Waals surface area contributed by atoms with E-state index >= 15 is 0 Å². The van der Waals surface area contributed by atoms with E-state index in [9.17, 15) is 0 Å². The number of hydrogen-bond acceptors (Lipinski definition) is 1. The van der Waals surface area contributed by atoms with Crippen molar-refractivity contribution in [1.82, 2.24) is 9.55 Å². The fraction of sp³-hybridized carbons (Fsp3) is 0.163. The fourth-order valence-electron chi connectivity index (χ4n) is 8.89. The van der Waals surface area contributed by atoms with Crippen molar-refractivity contribution in [3.05, 3.63) is 168 Å². The van der Waals surface area contributed by atoms with Crippen LogP contribution in [0.25, 0.3) is 71.2 Å². The molecule has 2 aromatic heterocycles. The first-order valence-corrected chi connectivity index (χ1v) is 18.4. The summed E-state index contributed by atoms with van der Waals surface area (Å²) >= 11 is 0. The molecular weight excluding hydrogens is 617 g/mol. The van der Waals surface area contributed by atoms with E-state index < -0.39 is 0 Å². The Kier molecular flexibility index (Phi) is 6.73. The third kappa shape index (κ3) is 4.81. The van der Waals surface area contributed by atoms with Gasteiger partial charge in [-0.25, -0.2) is 0 Å². The quantitative estimate of drug-likeness (QED) is 0.172. The molecule has 10 rings (SSSR count). The highest BCUT2D eigenvalue weighted by molar-refractivity contribution is 6.17. The van der Waals surface area contributed by atoms with Crippen molar-refractivity contribution in [2.24, 2.45) is 0 Å². The van der Waals surface area contributed by atoms with Gasteiger partial charge in [-0.1, -0.05) is 130 Å². The van der Waals surface area contributed by atoms with Crippen LogP contribution in [0.4, 0.5) is 0 Å². The molecule has 0 N–H and O–H groups in total. The molecule has 0 amide bonds. The monoisotopic (exact) mass is 656 g/mol. The van der Waals surface area contributed by atoms with Gasteiger partial charge in [0.05, 0.1) is 6.04 Å². The Morgan fingerprint density at radius 3 is 2.12 bits per heavy atom. The zero-order chi connectivity index (χ0) is 34.3. The smallest absolute Gasteiger partial charge is 0.0566 e. The topological polar surface area (TPSA) is 17.8 Å². The molecule has 0 radical (unpaired) electrons. The van der Waals surface area contributed by atoms with Crippen LogP contribution >= 0.6 is 0 Å². The number of pyridine rings is 1. The molecule has 0 aliphatic heterocycles. The van der Waals surface area contributed by atoms with Crippen molar-refractivity contribution in [3.63, 3.8) is 0 Å². The highest BCUT2D eigenvalue weighted by atomic mass is 15.0. The number of aromatic nitrogens is 2. The molecule has 2 aliphatic carbocycles. The van der Waals surface area contributed by atoms with Crippen LogP contribution < -0.4 is 0 Å². The highest BCUT2D eigenvalue weighted by Crippen LogP contribution is 2.46. The Morgan fingerprint density at radius 2 is 1.39 bits per heavy atom. The van der Waals surface area contributed by atoms with Crippen molar-refractivity contribution < 1.29 is 0 Å². The number of nitrogens with zero attached hydrogens (tertiary/aromatic N) is 2. The van der Waals surface area contributed by atoms with E-state index in [0.29, 0.717) is 0 Å². The van der Waals surface area contributed by atoms with Gasteiger partial charge in [0.15, 0.2) is 0 Å². The van der Waals surface area contributed by atoms with Gasteiger partial charge in [0.2, 0.25) is 0 Å². The molecule has 51 heavy (non-hydrogen) atoms. The largest absolute Gasteiger partial charge is 0.333 e. The maximum absolute atomic E-state index is 4.37. The second kappa shape index (κ2) is 11.4. The molecule has 1 atom stereocenters. The maximum Gasteiger partial charge on any atom is 0.0566 e. The van der Waals surface area contributed by atoms with Crippen molar-refractivity contribution in [2.75, 3.05) is 0 Å². The molecule has 8 aromatic rings. The third-order valence-electron chi connectivity index (χ3n) is 11.4. The van der Waals surface area contributed by atoms with Gasteiger partial charge in [-0.2, -0.15) is 0 Å². The number of fused-ring (bicyclic) bond motifs is 3. The molecule has 2 aliphatic rings. The Balaban J connectivity index is 1.21. The zero-order valence-electron chi connectivity index (χ0n) is 29.4. The molecule has 0 spiro atoms. The van der Waals surface area contributed by atoms with Crippen LogP contribution in [0.3, 0.4) is 0 Å². The van der Waals surface area contributed by atoms with Crippen LogP contribution in [0.2, 0.25) is 0 Å². The van der Waals surface area contributed by atoms with Crippen molar-refractivity contribution in [1.29, 1.82) is 0 Å². The molecule has 6 aromatic carbocycles. The normalized spacial score (nSPS) is 15.7. The lowest BCUT2D eigenvalue weighted by Crippen LogP contribution is -2.13. The second-order valence-electron chi connectivity index (χ2n) is 15.5. The van der Waals surface area contributed by atoms with Gasteiger partial charge in [0, 0.05) is 34.2 Å². The van der Waals surface area contributed by atoms with Gasteiger partial charge in [0.1, 0.15) is 0 Å². The molecule has 0 fully saturated rings. The molecule has 0 saturated carbocycles. The van der Waals surface area contributed by atoms with E-state index in [1.165, 1.54) is 87.9 Å². The van der Waals surface area contributed by atoms with Gasteiger partial charge in [0.25, 0.3) is 0 Å². The van der Waals surface area contributed by atoms with Gasteiger partial charge >= 0.3 is 0 Å². The summed E-state index contributed by atoms with van der Waals surface area (Å²) in [4.78, 5) is 4.37. The lowest BCUT2D eigenvalue weighted by Gasteiger charge is -2.28. The minimum Gasteiger partial charge on any atom is -0.333 e. The van der Waals surface area contributed by atoms with E-state index in [2.05, 4.69) is 158 Å². The average Bonchev–Trinajstić information content (AvgIpc) is 3.51. The lowest BCUT2D eigenvalue weighted by molar-refractivity contribution is 0.590. The summed E-state index contributed by atoms with van der Waals surface area (Å²) in [5.74, 6) is 0. The van der Waals surface area contributed by atoms with Crippen molar-refractivity contribution >= 4 is 48.9 Å². The number of rotatable bonds is 4. The first-order valence-electron chi connectivity index (χ1n) is 18.4. The first-order chi connectivity index (χ1) is 24.9. The number of hydrogen-bond donors (Lipinski definition) is 0. The molecule has 0 bridgehead atoms. The van der Waals surface area contributed by atoms with Crippen LogP contribution in [0.15, 0.2) is 146 Å². The lowest BCUT2D eigenvalue weighted by atomic mass is 9.77. The predicted octanol–water partition coefficient (Wildman–Crippen LogP) is 12.8. The summed E-state index contributed by atoms with van der Waals surface area (Å²) in [6.45, 7) is 6.99. The van der Waals surface area contributed by atoms with E-state index in [1.807, 2.05) is 18.5 Å². The van der Waals surface area contributed by atoms with Gasteiger partial charge < -0.3 is 4.57 Å². The van der Waals surface area contributed by atoms with E-state index in [-0.39, 0.29) is 11.5 Å². The Hall–Kier alpha value is -5.73. The van der Waals surface area contributed by atoms with E-state index in [1.54, 1.807) is 0 Å². The standard InChI is InChI=1S/C49H40N2/c1-49(2,3)37-26-34-21-23-41-43(32-19-17-31(18-20-32)36-11-9-25-50-30-36)29-44(42-24-22-35(27-37)47(34)48(41)42)33-10-8-12-38(28-33)51-45-15-6-4-13-39(45)40-14-5-7-16-46(40)51/h4-11,13-20,22,24-30,38H,12,21,23H2,1-3H3. The summed E-state index contributed by atoms with van der Waals surface area (Å²) in [7, 11) is 0. The summed E-state index contributed by atoms with van der Waals surface area (Å²) in [5, 5.41) is 8.23. The highest BCUT2D eigenvalue weighted by Gasteiger charge is 2.26. The van der Waals surface area contributed by atoms with E-state index in [4.69, 9.17) is 0 Å². The fourth-order valence-corrected chi connectivity index (χ4v) is 8.89. The molecule has 2 heteroatoms. The molecule has 0 saturated heterocycles. The minimum absolute atomic E-state index is 0.0997. The molecule has 2 nitrogen and oxygen atoms in total. The first kappa shape index (κ1) is 30.1. The molecule has 1 unspecified atom stereocenters. The van der Waals surface area contributed by atoms with Crippen LogP contribution in [0, 0.1) is 0 Å². The van der Waals surface area contributed by atoms with Crippen LogP contribution in [-0.4, -0.2) is 9.55 Å². The Labute approximate surface area is 299 Å². The second-order valence-corrected chi connectivity index (χ2v) is 15.5. The molecule has 2 heterocycles. The summed E-state index contributed by atoms with van der Waals surface area (Å²) in [6.07, 6.45) is 14.1. The zero-order valence-corrected chi connectivity index (χ0v) is 29.4. The predicted molar refractivity (Wildman–Crippen MR) is 216 cm³/mol. The summed E-state index contributed by atoms with van der Waals surface area (Å²) in [6, 6.07) is 43.5. The van der Waals surface area contributed by atoms with E-state index in [0.717, 1.165) is 24.8 Å². The minimum atomic E-state index is 0.0997. The van der Waals surface area contributed by atoms with Gasteiger partial charge in [-0.05, 0) is 121 Å². The number of allylic oxidation sites excluding steroid dienone is 4. The van der Waals surface area contributed by atoms with Crippen LogP contribution in [0.1, 0.15) is 55.5 Å². The van der Waals surface area contributed by atoms with Crippen molar-refractivity contribution in [2.45, 2.75) is 51.5 Å². The summed E-state index contributed by atoms with van der Waals surface area (Å²) < 4.78 is 2.56. The summed E-state index contributed by atoms with van der Waals surface area (Å²) in [5.41, 5.74) is 14.6. The number of aryl methyl sites for hydroxylation is 2. The van der Waals surface area contributed by atoms with Crippen molar-refractivity contribution in [3.8, 4) is 22.3 Å². The number of para-hydroxylation sites is 2. The Morgan fingerprint density at radius 1 is 0.647 bits per heavy atom. The number of benzene rings is 6. The van der Waals surface area contributed by atoms with Crippen LogP contribution in [0.5, 0.6) is 0 Å². The maximum atomic E-state index is 4.37. The Bertz CT molecular complexity index is 2680. The van der Waals surface area contributed by atoms with Gasteiger partial charge in [-0.3, -0.25) is 4.98 Å². The molecule has 246 valence electrons. The van der Waals surface area contributed by atoms with Gasteiger partial charge in [-0.15, -0.1) is 0 Å². The average molecular weight is 657 g/mol. The van der Waals surface area contributed by atoms with Crippen LogP contribution in [-0.2, 0) is 18.3 Å².